The summed E-state index contributed by atoms with van der Waals surface area (Å²) in [5, 5.41) is 0. The normalized spacial score (nSPS) is 11.5. The van der Waals surface area contributed by atoms with Gasteiger partial charge in [-0.05, 0) is 22.6 Å². The second-order valence-corrected chi connectivity index (χ2v) is 6.44. The van der Waals surface area contributed by atoms with Gasteiger partial charge in [0, 0.05) is 21.9 Å². The summed E-state index contributed by atoms with van der Waals surface area (Å²) in [7, 11) is 0. The average Bonchev–Trinajstić information content (AvgIpc) is 2.52. The largest absolute Gasteiger partial charge is 0.290 e. The van der Waals surface area contributed by atoms with Crippen LogP contribution >= 0.6 is 11.3 Å². The molecule has 22 heavy (non-hydrogen) atoms. The van der Waals surface area contributed by atoms with Crippen molar-refractivity contribution in [2.24, 2.45) is 0 Å². The third-order valence-corrected chi connectivity index (χ3v) is 4.58. The highest BCUT2D eigenvalue weighted by Crippen LogP contribution is 2.29. The Morgan fingerprint density at radius 2 is 1.82 bits per heavy atom. The van der Waals surface area contributed by atoms with E-state index in [4.69, 9.17) is 0 Å². The predicted molar refractivity (Wildman–Crippen MR) is 98.5 cm³/mol. The van der Waals surface area contributed by atoms with Crippen LogP contribution in [0.15, 0.2) is 72.6 Å². The van der Waals surface area contributed by atoms with Gasteiger partial charge in [0.15, 0.2) is 5.43 Å². The summed E-state index contributed by atoms with van der Waals surface area (Å²) in [5.41, 5.74) is 3.28. The number of allylic oxidation sites excluding steroid dienone is 4. The molecule has 0 fully saturated rings. The molecule has 0 aliphatic heterocycles. The Morgan fingerprint density at radius 3 is 2.36 bits per heavy atom. The third kappa shape index (κ3) is 3.71. The van der Waals surface area contributed by atoms with Gasteiger partial charge < -0.3 is 0 Å². The van der Waals surface area contributed by atoms with E-state index in [1.54, 1.807) is 35.6 Å². The monoisotopic (exact) mass is 308 g/mol. The fourth-order valence-corrected chi connectivity index (χ4v) is 3.28. The quantitative estimate of drug-likeness (QED) is 0.652. The average molecular weight is 308 g/mol. The zero-order valence-corrected chi connectivity index (χ0v) is 13.8. The summed E-state index contributed by atoms with van der Waals surface area (Å²) >= 11 is 1.59. The molecule has 0 N–H and O–H groups in total. The minimum Gasteiger partial charge on any atom is -0.290 e. The van der Waals surface area contributed by atoms with Crippen molar-refractivity contribution in [1.29, 1.82) is 0 Å². The number of benzene rings is 1. The molecule has 1 nitrogen and oxygen atoms in total. The van der Waals surface area contributed by atoms with E-state index in [-0.39, 0.29) is 5.43 Å². The van der Waals surface area contributed by atoms with Crippen molar-refractivity contribution in [3.05, 3.63) is 88.4 Å². The van der Waals surface area contributed by atoms with Crippen LogP contribution in [0.1, 0.15) is 30.2 Å². The van der Waals surface area contributed by atoms with E-state index in [1.165, 1.54) is 5.56 Å². The molecular weight excluding hydrogens is 288 g/mol. The van der Waals surface area contributed by atoms with Gasteiger partial charge in [0.2, 0.25) is 0 Å². The van der Waals surface area contributed by atoms with Gasteiger partial charge in [-0.1, -0.05) is 69.5 Å². The lowest BCUT2D eigenvalue weighted by atomic mass is 10.0. The summed E-state index contributed by atoms with van der Waals surface area (Å²) in [6.45, 7) is 11.9. The number of rotatable bonds is 5. The SMILES string of the molecule is C=C/C=C(\C=C)c1cc(=O)cc(-c2ccc(C(C)C)cc2)s1. The summed E-state index contributed by atoms with van der Waals surface area (Å²) < 4.78 is 0. The fourth-order valence-electron chi connectivity index (χ4n) is 2.17. The van der Waals surface area contributed by atoms with Crippen molar-refractivity contribution >= 4 is 16.9 Å². The molecule has 0 radical (unpaired) electrons. The van der Waals surface area contributed by atoms with Crippen LogP contribution in [0, 0.1) is 0 Å². The molecule has 0 aliphatic carbocycles. The molecule has 1 heterocycles. The molecule has 112 valence electrons. The van der Waals surface area contributed by atoms with Crippen LogP contribution in [-0.2, 0) is 0 Å². The second-order valence-electron chi connectivity index (χ2n) is 5.36. The lowest BCUT2D eigenvalue weighted by Crippen LogP contribution is -1.98. The summed E-state index contributed by atoms with van der Waals surface area (Å²) in [5.74, 6) is 0.502. The Balaban J connectivity index is 2.50. The highest BCUT2D eigenvalue weighted by molar-refractivity contribution is 7.16. The third-order valence-electron chi connectivity index (χ3n) is 3.43. The molecule has 2 rings (SSSR count). The maximum absolute atomic E-state index is 12.0. The first kappa shape index (κ1) is 16.2. The van der Waals surface area contributed by atoms with E-state index in [0.29, 0.717) is 5.92 Å². The van der Waals surface area contributed by atoms with E-state index in [0.717, 1.165) is 20.9 Å². The van der Waals surface area contributed by atoms with Crippen molar-refractivity contribution in [2.75, 3.05) is 0 Å². The Kier molecular flexibility index (Phi) is 5.29. The fraction of sp³-hybridized carbons (Fsp3) is 0.150. The molecule has 0 saturated carbocycles. The maximum Gasteiger partial charge on any atom is 0.181 e. The van der Waals surface area contributed by atoms with Crippen LogP contribution in [0.3, 0.4) is 0 Å². The van der Waals surface area contributed by atoms with Crippen LogP contribution in [0.25, 0.3) is 16.0 Å². The molecule has 0 saturated heterocycles. The molecule has 2 aromatic rings. The molecular formula is C20H20OS. The van der Waals surface area contributed by atoms with Gasteiger partial charge in [0.1, 0.15) is 0 Å². The lowest BCUT2D eigenvalue weighted by Gasteiger charge is -2.08. The van der Waals surface area contributed by atoms with E-state index in [9.17, 15) is 4.79 Å². The maximum atomic E-state index is 12.0. The first-order valence-electron chi connectivity index (χ1n) is 7.26. The second kappa shape index (κ2) is 7.19. The molecule has 0 unspecified atom stereocenters. The van der Waals surface area contributed by atoms with Crippen molar-refractivity contribution in [3.8, 4) is 10.4 Å². The molecule has 0 atom stereocenters. The van der Waals surface area contributed by atoms with Gasteiger partial charge in [-0.25, -0.2) is 0 Å². The smallest absolute Gasteiger partial charge is 0.181 e. The molecule has 0 aliphatic rings. The molecule has 1 aromatic heterocycles. The predicted octanol–water partition coefficient (Wildman–Crippen LogP) is 5.65. The van der Waals surface area contributed by atoms with Crippen LogP contribution in [0.5, 0.6) is 0 Å². The summed E-state index contributed by atoms with van der Waals surface area (Å²) in [4.78, 5) is 13.9. The first-order chi connectivity index (χ1) is 10.5. The Labute approximate surface area is 136 Å². The van der Waals surface area contributed by atoms with Gasteiger partial charge in [-0.15, -0.1) is 11.3 Å². The van der Waals surface area contributed by atoms with Crippen LogP contribution in [0.4, 0.5) is 0 Å². The number of hydrogen-bond donors (Lipinski definition) is 0. The van der Waals surface area contributed by atoms with E-state index >= 15 is 0 Å². The molecule has 2 heteroatoms. The molecule has 0 amide bonds. The zero-order chi connectivity index (χ0) is 16.1. The van der Waals surface area contributed by atoms with Gasteiger partial charge in [0.05, 0.1) is 0 Å². The van der Waals surface area contributed by atoms with Crippen LogP contribution in [0.2, 0.25) is 0 Å². The number of hydrogen-bond acceptors (Lipinski definition) is 2. The molecule has 0 bridgehead atoms. The summed E-state index contributed by atoms with van der Waals surface area (Å²) in [6, 6.07) is 11.7. The van der Waals surface area contributed by atoms with Crippen molar-refractivity contribution in [2.45, 2.75) is 19.8 Å². The van der Waals surface area contributed by atoms with Crippen molar-refractivity contribution in [3.63, 3.8) is 0 Å². The Morgan fingerprint density at radius 1 is 1.14 bits per heavy atom. The Bertz CT molecular complexity index is 761. The van der Waals surface area contributed by atoms with Crippen molar-refractivity contribution < 1.29 is 0 Å². The van der Waals surface area contributed by atoms with Gasteiger partial charge in [-0.2, -0.15) is 0 Å². The van der Waals surface area contributed by atoms with Gasteiger partial charge in [0.25, 0.3) is 0 Å². The first-order valence-corrected chi connectivity index (χ1v) is 8.08. The lowest BCUT2D eigenvalue weighted by molar-refractivity contribution is 0.867. The van der Waals surface area contributed by atoms with E-state index < -0.39 is 0 Å². The molecule has 0 spiro atoms. The highest BCUT2D eigenvalue weighted by atomic mass is 32.1. The highest BCUT2D eigenvalue weighted by Gasteiger charge is 2.06. The summed E-state index contributed by atoms with van der Waals surface area (Å²) in [6.07, 6.45) is 5.32. The molecule has 1 aromatic carbocycles. The van der Waals surface area contributed by atoms with Gasteiger partial charge >= 0.3 is 0 Å². The topological polar surface area (TPSA) is 17.1 Å². The standard InChI is InChI=1S/C20H20OS/c1-5-7-15(6-2)19-12-18(21)13-20(22-19)17-10-8-16(9-11-17)14(3)4/h5-14H,1-2H2,3-4H3/b15-7+. The van der Waals surface area contributed by atoms with E-state index in [1.807, 2.05) is 6.08 Å². The van der Waals surface area contributed by atoms with Crippen molar-refractivity contribution in [1.82, 2.24) is 0 Å². The Hall–Kier alpha value is -2.19. The van der Waals surface area contributed by atoms with Crippen LogP contribution < -0.4 is 5.43 Å². The van der Waals surface area contributed by atoms with Crippen LogP contribution in [-0.4, -0.2) is 0 Å². The van der Waals surface area contributed by atoms with E-state index in [2.05, 4.69) is 51.3 Å². The zero-order valence-electron chi connectivity index (χ0n) is 13.0. The minimum absolute atomic E-state index is 0.00787. The minimum atomic E-state index is 0.00787. The van der Waals surface area contributed by atoms with Gasteiger partial charge in [-0.3, -0.25) is 4.79 Å².